The summed E-state index contributed by atoms with van der Waals surface area (Å²) in [5.41, 5.74) is 2.11. The Hall–Kier alpha value is -2.74. The van der Waals surface area contributed by atoms with E-state index >= 15 is 0 Å². The third kappa shape index (κ3) is 5.41. The molecule has 0 saturated heterocycles. The fourth-order valence-corrected chi connectivity index (χ4v) is 4.31. The van der Waals surface area contributed by atoms with Gasteiger partial charge in [0.15, 0.2) is 0 Å². The van der Waals surface area contributed by atoms with Crippen molar-refractivity contribution in [3.05, 3.63) is 53.6 Å². The molecule has 1 atom stereocenters. The van der Waals surface area contributed by atoms with E-state index in [4.69, 9.17) is 9.47 Å². The van der Waals surface area contributed by atoms with Gasteiger partial charge in [-0.25, -0.2) is 8.42 Å². The molecular weight excluding hydrogens is 392 g/mol. The number of nitrogens with zero attached hydrogens (tertiary/aromatic N) is 2. The number of likely N-dealkylation sites (N-methyl/N-ethyl adjacent to an activating group) is 1. The number of sulfonamides is 1. The molecule has 2 aromatic carbocycles. The summed E-state index contributed by atoms with van der Waals surface area (Å²) in [5.74, 6) is 0.791. The van der Waals surface area contributed by atoms with Crippen molar-refractivity contribution in [2.45, 2.75) is 26.4 Å². The quantitative estimate of drug-likeness (QED) is 0.656. The van der Waals surface area contributed by atoms with Crippen molar-refractivity contribution >= 4 is 21.6 Å². The highest BCUT2D eigenvalue weighted by Crippen LogP contribution is 2.33. The van der Waals surface area contributed by atoms with Crippen LogP contribution in [0.2, 0.25) is 0 Å². The molecule has 0 aliphatic rings. The summed E-state index contributed by atoms with van der Waals surface area (Å²) in [6.45, 7) is 3.77. The van der Waals surface area contributed by atoms with Gasteiger partial charge >= 0.3 is 0 Å². The maximum Gasteiger partial charge on any atom is 0.246 e. The Labute approximate surface area is 172 Å². The average Bonchev–Trinajstić information content (AvgIpc) is 2.67. The van der Waals surface area contributed by atoms with Gasteiger partial charge in [-0.3, -0.25) is 9.10 Å². The lowest BCUT2D eigenvalue weighted by Crippen LogP contribution is -2.48. The molecule has 0 fully saturated rings. The van der Waals surface area contributed by atoms with E-state index in [2.05, 4.69) is 0 Å². The van der Waals surface area contributed by atoms with Crippen LogP contribution in [0.25, 0.3) is 0 Å². The Bertz CT molecular complexity index is 958. The number of aryl methyl sites for hydroxylation is 1. The van der Waals surface area contributed by atoms with Crippen LogP contribution in [0.3, 0.4) is 0 Å². The second-order valence-corrected chi connectivity index (χ2v) is 8.81. The largest absolute Gasteiger partial charge is 0.497 e. The van der Waals surface area contributed by atoms with E-state index in [0.717, 1.165) is 27.4 Å². The molecule has 0 aliphatic heterocycles. The van der Waals surface area contributed by atoms with Gasteiger partial charge in [0.05, 0.1) is 26.2 Å². The summed E-state index contributed by atoms with van der Waals surface area (Å²) in [5, 5.41) is 0. The summed E-state index contributed by atoms with van der Waals surface area (Å²) in [4.78, 5) is 14.6. The van der Waals surface area contributed by atoms with Crippen LogP contribution >= 0.6 is 0 Å². The minimum absolute atomic E-state index is 0.324. The Morgan fingerprint density at radius 1 is 1.07 bits per heavy atom. The van der Waals surface area contributed by atoms with Crippen molar-refractivity contribution in [2.75, 3.05) is 31.8 Å². The zero-order chi connectivity index (χ0) is 21.8. The molecule has 0 aliphatic carbocycles. The second kappa shape index (κ2) is 9.17. The van der Waals surface area contributed by atoms with Crippen LogP contribution in [0.15, 0.2) is 42.5 Å². The van der Waals surface area contributed by atoms with E-state index in [0.29, 0.717) is 18.0 Å². The van der Waals surface area contributed by atoms with Crippen LogP contribution in [0, 0.1) is 6.92 Å². The standard InChI is InChI=1S/C21H28N2O5S/c1-15-7-12-20(28-5)19(13-15)23(29(6,25)26)16(2)21(24)22(3)14-17-8-10-18(27-4)11-9-17/h7-13,16H,14H2,1-6H3/t16-/m1/s1. The van der Waals surface area contributed by atoms with E-state index in [1.54, 1.807) is 33.2 Å². The molecular formula is C21H28N2O5S. The van der Waals surface area contributed by atoms with Crippen molar-refractivity contribution in [3.63, 3.8) is 0 Å². The normalized spacial score (nSPS) is 12.2. The van der Waals surface area contributed by atoms with Crippen LogP contribution in [-0.4, -0.2) is 52.8 Å². The number of methoxy groups -OCH3 is 2. The fraction of sp³-hybridized carbons (Fsp3) is 0.381. The van der Waals surface area contributed by atoms with E-state index in [1.807, 2.05) is 37.3 Å². The number of amides is 1. The topological polar surface area (TPSA) is 76.2 Å². The van der Waals surface area contributed by atoms with Crippen LogP contribution in [0.5, 0.6) is 11.5 Å². The number of carbonyl (C=O) groups excluding carboxylic acids is 1. The van der Waals surface area contributed by atoms with Crippen LogP contribution < -0.4 is 13.8 Å². The third-order valence-corrected chi connectivity index (χ3v) is 5.82. The molecule has 8 heteroatoms. The first-order valence-corrected chi connectivity index (χ1v) is 10.9. The summed E-state index contributed by atoms with van der Waals surface area (Å²) in [7, 11) is 0.970. The second-order valence-electron chi connectivity index (χ2n) is 6.95. The van der Waals surface area contributed by atoms with Gasteiger partial charge in [-0.15, -0.1) is 0 Å². The van der Waals surface area contributed by atoms with Gasteiger partial charge in [-0.1, -0.05) is 18.2 Å². The Balaban J connectivity index is 2.32. The van der Waals surface area contributed by atoms with E-state index in [9.17, 15) is 13.2 Å². The molecule has 158 valence electrons. The van der Waals surface area contributed by atoms with E-state index in [1.165, 1.54) is 12.0 Å². The number of anilines is 1. The molecule has 7 nitrogen and oxygen atoms in total. The van der Waals surface area contributed by atoms with Gasteiger partial charge in [-0.05, 0) is 49.2 Å². The smallest absolute Gasteiger partial charge is 0.246 e. The SMILES string of the molecule is COc1ccc(CN(C)C(=O)[C@@H](C)N(c2cc(C)ccc2OC)S(C)(=O)=O)cc1. The molecule has 2 aromatic rings. The van der Waals surface area contributed by atoms with Crippen LogP contribution in [0.4, 0.5) is 5.69 Å². The lowest BCUT2D eigenvalue weighted by molar-refractivity contribution is -0.131. The van der Waals surface area contributed by atoms with Gasteiger partial charge in [0, 0.05) is 13.6 Å². The van der Waals surface area contributed by atoms with Gasteiger partial charge in [0.25, 0.3) is 0 Å². The van der Waals surface area contributed by atoms with Crippen molar-refractivity contribution in [1.29, 1.82) is 0 Å². The lowest BCUT2D eigenvalue weighted by atomic mass is 10.1. The van der Waals surface area contributed by atoms with Crippen molar-refractivity contribution < 1.29 is 22.7 Å². The minimum atomic E-state index is -3.74. The first-order chi connectivity index (χ1) is 13.6. The zero-order valence-corrected chi connectivity index (χ0v) is 18.5. The summed E-state index contributed by atoms with van der Waals surface area (Å²) in [6.07, 6.45) is 1.09. The Morgan fingerprint density at radius 2 is 1.69 bits per heavy atom. The molecule has 0 bridgehead atoms. The van der Waals surface area contributed by atoms with E-state index in [-0.39, 0.29) is 5.91 Å². The molecule has 0 N–H and O–H groups in total. The molecule has 0 spiro atoms. The van der Waals surface area contributed by atoms with E-state index < -0.39 is 16.1 Å². The Kier molecular flexibility index (Phi) is 7.13. The molecule has 0 heterocycles. The minimum Gasteiger partial charge on any atom is -0.497 e. The Morgan fingerprint density at radius 3 is 2.21 bits per heavy atom. The average molecular weight is 421 g/mol. The number of carbonyl (C=O) groups is 1. The number of rotatable bonds is 8. The first kappa shape index (κ1) is 22.5. The number of benzene rings is 2. The fourth-order valence-electron chi connectivity index (χ4n) is 3.15. The predicted octanol–water partition coefficient (Wildman–Crippen LogP) is 2.83. The van der Waals surface area contributed by atoms with Crippen molar-refractivity contribution in [1.82, 2.24) is 4.90 Å². The molecule has 2 rings (SSSR count). The van der Waals surface area contributed by atoms with Crippen molar-refractivity contribution in [3.8, 4) is 11.5 Å². The van der Waals surface area contributed by atoms with Gasteiger partial charge < -0.3 is 14.4 Å². The molecule has 0 unspecified atom stereocenters. The first-order valence-electron chi connectivity index (χ1n) is 9.10. The van der Waals surface area contributed by atoms with Gasteiger partial charge in [0.2, 0.25) is 15.9 Å². The highest BCUT2D eigenvalue weighted by Gasteiger charge is 2.33. The maximum absolute atomic E-state index is 13.1. The summed E-state index contributed by atoms with van der Waals surface area (Å²) in [6, 6.07) is 11.6. The van der Waals surface area contributed by atoms with Crippen LogP contribution in [0.1, 0.15) is 18.1 Å². The molecule has 0 saturated carbocycles. The number of hydrogen-bond donors (Lipinski definition) is 0. The number of hydrogen-bond acceptors (Lipinski definition) is 5. The third-order valence-electron chi connectivity index (χ3n) is 4.59. The van der Waals surface area contributed by atoms with Crippen molar-refractivity contribution in [2.24, 2.45) is 0 Å². The molecule has 29 heavy (non-hydrogen) atoms. The van der Waals surface area contributed by atoms with Crippen LogP contribution in [-0.2, 0) is 21.4 Å². The molecule has 1 amide bonds. The zero-order valence-electron chi connectivity index (χ0n) is 17.7. The molecule has 0 radical (unpaired) electrons. The summed E-state index contributed by atoms with van der Waals surface area (Å²) < 4.78 is 36.8. The molecule has 0 aromatic heterocycles. The monoisotopic (exact) mass is 420 g/mol. The lowest BCUT2D eigenvalue weighted by Gasteiger charge is -2.32. The maximum atomic E-state index is 13.1. The predicted molar refractivity (Wildman–Crippen MR) is 114 cm³/mol. The highest BCUT2D eigenvalue weighted by atomic mass is 32.2. The summed E-state index contributed by atoms with van der Waals surface area (Å²) >= 11 is 0. The number of ether oxygens (including phenoxy) is 2. The van der Waals surface area contributed by atoms with Gasteiger partial charge in [0.1, 0.15) is 17.5 Å². The highest BCUT2D eigenvalue weighted by molar-refractivity contribution is 7.92. The van der Waals surface area contributed by atoms with Gasteiger partial charge in [-0.2, -0.15) is 0 Å².